The normalized spacial score (nSPS) is 16.6. The molecule has 0 unspecified atom stereocenters. The summed E-state index contributed by atoms with van der Waals surface area (Å²) in [6.07, 6.45) is 1.31. The number of esters is 1. The largest absolute Gasteiger partial charge is 0.455 e. The Morgan fingerprint density at radius 2 is 2.11 bits per heavy atom. The Morgan fingerprint density at radius 3 is 2.85 bits per heavy atom. The number of thiophene rings is 1. The molecule has 0 radical (unpaired) electrons. The highest BCUT2D eigenvalue weighted by Gasteiger charge is 2.30. The highest BCUT2D eigenvalue weighted by atomic mass is 32.1. The van der Waals surface area contributed by atoms with E-state index in [1.807, 2.05) is 11.4 Å². The van der Waals surface area contributed by atoms with E-state index in [1.165, 1.54) is 35.6 Å². The van der Waals surface area contributed by atoms with Crippen LogP contribution in [-0.2, 0) is 14.3 Å². The third-order valence-corrected chi connectivity index (χ3v) is 5.09. The van der Waals surface area contributed by atoms with Gasteiger partial charge in [-0.3, -0.25) is 14.4 Å². The fraction of sp³-hybridized carbons (Fsp3) is 0.316. The monoisotopic (exact) mass is 390 g/mol. The van der Waals surface area contributed by atoms with Crippen molar-refractivity contribution in [1.29, 1.82) is 0 Å². The molecule has 0 saturated carbocycles. The summed E-state index contributed by atoms with van der Waals surface area (Å²) in [6.45, 7) is 0.423. The third-order valence-electron chi connectivity index (χ3n) is 4.23. The number of hydrogen-bond donors (Lipinski definition) is 1. The zero-order chi connectivity index (χ0) is 19.2. The second-order valence-electron chi connectivity index (χ2n) is 6.23. The van der Waals surface area contributed by atoms with E-state index < -0.39 is 30.2 Å². The van der Waals surface area contributed by atoms with Crippen molar-refractivity contribution in [3.63, 3.8) is 0 Å². The predicted octanol–water partition coefficient (Wildman–Crippen LogP) is 2.92. The van der Waals surface area contributed by atoms with Gasteiger partial charge in [0.25, 0.3) is 11.8 Å². The number of nitrogens with zero attached hydrogens (tertiary/aromatic N) is 1. The Labute approximate surface area is 159 Å². The molecular weight excluding hydrogens is 371 g/mol. The zero-order valence-electron chi connectivity index (χ0n) is 14.5. The van der Waals surface area contributed by atoms with E-state index >= 15 is 0 Å². The van der Waals surface area contributed by atoms with Crippen molar-refractivity contribution < 1.29 is 23.5 Å². The van der Waals surface area contributed by atoms with Crippen LogP contribution in [0.3, 0.4) is 0 Å². The molecule has 1 saturated heterocycles. The second kappa shape index (κ2) is 8.77. The smallest absolute Gasteiger partial charge is 0.311 e. The maximum atomic E-state index is 13.1. The van der Waals surface area contributed by atoms with Gasteiger partial charge in [-0.1, -0.05) is 12.1 Å². The Bertz CT molecular complexity index is 825. The quantitative estimate of drug-likeness (QED) is 0.797. The Hall–Kier alpha value is -2.74. The molecule has 1 aromatic carbocycles. The first-order chi connectivity index (χ1) is 13.0. The molecule has 142 valence electrons. The van der Waals surface area contributed by atoms with E-state index in [9.17, 15) is 18.8 Å². The molecular formula is C19H19FN2O4S. The summed E-state index contributed by atoms with van der Waals surface area (Å²) in [5.74, 6) is -2.07. The van der Waals surface area contributed by atoms with E-state index in [-0.39, 0.29) is 12.5 Å². The van der Waals surface area contributed by atoms with Crippen LogP contribution in [-0.4, -0.2) is 42.4 Å². The van der Waals surface area contributed by atoms with Crippen LogP contribution in [0, 0.1) is 11.7 Å². The minimum absolute atomic E-state index is 0.0913. The van der Waals surface area contributed by atoms with Crippen molar-refractivity contribution in [3.8, 4) is 0 Å². The van der Waals surface area contributed by atoms with Gasteiger partial charge in [-0.15, -0.1) is 11.3 Å². The fourth-order valence-electron chi connectivity index (χ4n) is 2.93. The molecule has 2 aromatic rings. The Balaban J connectivity index is 1.48. The fourth-order valence-corrected chi connectivity index (χ4v) is 3.62. The van der Waals surface area contributed by atoms with Crippen molar-refractivity contribution in [2.45, 2.75) is 12.8 Å². The van der Waals surface area contributed by atoms with Gasteiger partial charge in [-0.2, -0.15) is 0 Å². The lowest BCUT2D eigenvalue weighted by atomic mass is 9.98. The number of nitrogens with one attached hydrogen (secondary N) is 1. The van der Waals surface area contributed by atoms with Gasteiger partial charge in [0.05, 0.1) is 10.8 Å². The van der Waals surface area contributed by atoms with E-state index in [0.29, 0.717) is 30.0 Å². The van der Waals surface area contributed by atoms with Crippen molar-refractivity contribution in [1.82, 2.24) is 4.90 Å². The summed E-state index contributed by atoms with van der Waals surface area (Å²) < 4.78 is 18.2. The number of anilines is 1. The van der Waals surface area contributed by atoms with Crippen molar-refractivity contribution >= 4 is 34.8 Å². The Morgan fingerprint density at radius 1 is 1.26 bits per heavy atom. The molecule has 1 aliphatic heterocycles. The highest BCUT2D eigenvalue weighted by Crippen LogP contribution is 2.21. The molecule has 1 atom stereocenters. The number of hydrogen-bond acceptors (Lipinski definition) is 5. The number of amides is 2. The lowest BCUT2D eigenvalue weighted by Crippen LogP contribution is -2.43. The first-order valence-corrected chi connectivity index (χ1v) is 9.46. The molecule has 0 spiro atoms. The minimum atomic E-state index is -0.545. The highest BCUT2D eigenvalue weighted by molar-refractivity contribution is 7.12. The second-order valence-corrected chi connectivity index (χ2v) is 7.18. The number of piperidine rings is 1. The SMILES string of the molecule is O=C(COC(=O)[C@@H]1CCCN(C(=O)c2cccs2)C1)Nc1cccc(F)c1. The van der Waals surface area contributed by atoms with Crippen molar-refractivity contribution in [2.75, 3.05) is 25.0 Å². The molecule has 1 aliphatic rings. The summed E-state index contributed by atoms with van der Waals surface area (Å²) in [7, 11) is 0. The van der Waals surface area contributed by atoms with Gasteiger partial charge in [0.2, 0.25) is 0 Å². The van der Waals surface area contributed by atoms with Crippen molar-refractivity contribution in [2.24, 2.45) is 5.92 Å². The van der Waals surface area contributed by atoms with E-state index in [0.717, 1.165) is 0 Å². The number of carbonyl (C=O) groups excluding carboxylic acids is 3. The van der Waals surface area contributed by atoms with Crippen LogP contribution in [0.25, 0.3) is 0 Å². The summed E-state index contributed by atoms with van der Waals surface area (Å²) in [5.41, 5.74) is 0.293. The van der Waals surface area contributed by atoms with Crippen LogP contribution in [0.1, 0.15) is 22.5 Å². The first kappa shape index (κ1) is 19.0. The van der Waals surface area contributed by atoms with Gasteiger partial charge < -0.3 is 15.0 Å². The standard InChI is InChI=1S/C19H19FN2O4S/c20-14-5-1-6-15(10-14)21-17(23)12-26-19(25)13-4-2-8-22(11-13)18(24)16-7-3-9-27-16/h1,3,5-7,9-10,13H,2,4,8,11-12H2,(H,21,23)/t13-/m1/s1. The molecule has 27 heavy (non-hydrogen) atoms. The van der Waals surface area contributed by atoms with Crippen molar-refractivity contribution in [3.05, 3.63) is 52.5 Å². The van der Waals surface area contributed by atoms with Crippen LogP contribution in [0.5, 0.6) is 0 Å². The Kier molecular flexibility index (Phi) is 6.18. The molecule has 1 aromatic heterocycles. The summed E-state index contributed by atoms with van der Waals surface area (Å²) in [5, 5.41) is 4.30. The average Bonchev–Trinajstić information content (AvgIpc) is 3.20. The van der Waals surface area contributed by atoms with Gasteiger partial charge in [-0.25, -0.2) is 4.39 Å². The average molecular weight is 390 g/mol. The van der Waals surface area contributed by atoms with E-state index in [1.54, 1.807) is 11.0 Å². The molecule has 3 rings (SSSR count). The molecule has 2 heterocycles. The van der Waals surface area contributed by atoms with Gasteiger partial charge >= 0.3 is 5.97 Å². The number of likely N-dealkylation sites (tertiary alicyclic amines) is 1. The predicted molar refractivity (Wildman–Crippen MR) is 98.9 cm³/mol. The third kappa shape index (κ3) is 5.13. The van der Waals surface area contributed by atoms with Crippen LogP contribution < -0.4 is 5.32 Å². The summed E-state index contributed by atoms with van der Waals surface area (Å²) >= 11 is 1.36. The van der Waals surface area contributed by atoms with Crippen LogP contribution in [0.4, 0.5) is 10.1 Å². The number of ether oxygens (including phenoxy) is 1. The lowest BCUT2D eigenvalue weighted by Gasteiger charge is -2.31. The number of benzene rings is 1. The molecule has 2 amide bonds. The number of carbonyl (C=O) groups is 3. The molecule has 0 bridgehead atoms. The summed E-state index contributed by atoms with van der Waals surface area (Å²) in [4.78, 5) is 38.8. The van der Waals surface area contributed by atoms with Crippen LogP contribution in [0.2, 0.25) is 0 Å². The summed E-state index contributed by atoms with van der Waals surface area (Å²) in [6, 6.07) is 9.02. The molecule has 0 aliphatic carbocycles. The molecule has 6 nitrogen and oxygen atoms in total. The lowest BCUT2D eigenvalue weighted by molar-refractivity contribution is -0.152. The van der Waals surface area contributed by atoms with E-state index in [4.69, 9.17) is 4.74 Å². The van der Waals surface area contributed by atoms with E-state index in [2.05, 4.69) is 5.32 Å². The minimum Gasteiger partial charge on any atom is -0.455 e. The van der Waals surface area contributed by atoms with Gasteiger partial charge in [0.15, 0.2) is 6.61 Å². The van der Waals surface area contributed by atoms with Gasteiger partial charge in [0, 0.05) is 18.8 Å². The van der Waals surface area contributed by atoms with Gasteiger partial charge in [-0.05, 0) is 42.5 Å². The maximum Gasteiger partial charge on any atom is 0.311 e. The maximum absolute atomic E-state index is 13.1. The van der Waals surface area contributed by atoms with Gasteiger partial charge in [0.1, 0.15) is 5.82 Å². The van der Waals surface area contributed by atoms with Crippen LogP contribution >= 0.6 is 11.3 Å². The topological polar surface area (TPSA) is 75.7 Å². The number of halogens is 1. The molecule has 1 fully saturated rings. The number of rotatable bonds is 5. The van der Waals surface area contributed by atoms with Crippen LogP contribution in [0.15, 0.2) is 41.8 Å². The zero-order valence-corrected chi connectivity index (χ0v) is 15.3. The first-order valence-electron chi connectivity index (χ1n) is 8.58. The molecule has 8 heteroatoms. The molecule has 1 N–H and O–H groups in total.